The fourth-order valence-corrected chi connectivity index (χ4v) is 3.99. The summed E-state index contributed by atoms with van der Waals surface area (Å²) in [6.07, 6.45) is 6.85. The normalized spacial score (nSPS) is 22.6. The number of carbonyl (C=O) groups excluding carboxylic acids is 1. The van der Waals surface area contributed by atoms with E-state index < -0.39 is 0 Å². The highest BCUT2D eigenvalue weighted by atomic mass is 16.5. The number of morpholine rings is 1. The molecule has 3 heterocycles. The fraction of sp³-hybridized carbons (Fsp3) is 0.667. The molecule has 0 amide bonds. The number of aromatic nitrogens is 1. The maximum atomic E-state index is 12.3. The summed E-state index contributed by atoms with van der Waals surface area (Å²) in [5.41, 5.74) is 2.88. The zero-order valence-electron chi connectivity index (χ0n) is 13.6. The minimum Gasteiger partial charge on any atom is -0.462 e. The van der Waals surface area contributed by atoms with Crippen molar-refractivity contribution in [2.75, 3.05) is 37.8 Å². The number of fused-ring (bicyclic) bond motifs is 1. The van der Waals surface area contributed by atoms with Crippen LogP contribution in [0.5, 0.6) is 0 Å². The monoisotopic (exact) mass is 316 g/mol. The topological polar surface area (TPSA) is 51.7 Å². The number of hydrogen-bond acceptors (Lipinski definition) is 5. The molecule has 124 valence electrons. The Labute approximate surface area is 137 Å². The van der Waals surface area contributed by atoms with Crippen LogP contribution in [0, 0.1) is 0 Å². The first kappa shape index (κ1) is 14.9. The molecular formula is C18H24N2O3. The zero-order chi connectivity index (χ0) is 15.6. The van der Waals surface area contributed by atoms with Gasteiger partial charge in [-0.3, -0.25) is 0 Å². The largest absolute Gasteiger partial charge is 0.462 e. The third kappa shape index (κ3) is 2.94. The number of rotatable bonds is 2. The molecule has 1 saturated heterocycles. The summed E-state index contributed by atoms with van der Waals surface area (Å²) in [7, 11) is 0. The molecule has 4 rings (SSSR count). The van der Waals surface area contributed by atoms with Gasteiger partial charge in [-0.2, -0.15) is 0 Å². The van der Waals surface area contributed by atoms with Crippen LogP contribution in [0.2, 0.25) is 0 Å². The summed E-state index contributed by atoms with van der Waals surface area (Å²) >= 11 is 0. The lowest BCUT2D eigenvalue weighted by atomic mass is 9.83. The van der Waals surface area contributed by atoms with E-state index in [0.29, 0.717) is 12.5 Å². The predicted octanol–water partition coefficient (Wildman–Crippen LogP) is 2.68. The van der Waals surface area contributed by atoms with Crippen molar-refractivity contribution in [2.24, 2.45) is 0 Å². The second kappa shape index (κ2) is 6.48. The van der Waals surface area contributed by atoms with Gasteiger partial charge < -0.3 is 14.4 Å². The van der Waals surface area contributed by atoms with Crippen molar-refractivity contribution in [2.45, 2.75) is 44.4 Å². The van der Waals surface area contributed by atoms with Gasteiger partial charge in [0.25, 0.3) is 0 Å². The van der Waals surface area contributed by atoms with Gasteiger partial charge in [-0.25, -0.2) is 9.78 Å². The van der Waals surface area contributed by atoms with Crippen LogP contribution in [-0.4, -0.2) is 43.9 Å². The van der Waals surface area contributed by atoms with Gasteiger partial charge in [0.05, 0.1) is 31.1 Å². The van der Waals surface area contributed by atoms with E-state index in [1.54, 1.807) is 0 Å². The van der Waals surface area contributed by atoms with Crippen LogP contribution >= 0.6 is 0 Å². The van der Waals surface area contributed by atoms with Gasteiger partial charge in [0.15, 0.2) is 0 Å². The van der Waals surface area contributed by atoms with E-state index in [0.717, 1.165) is 68.2 Å². The molecule has 5 nitrogen and oxygen atoms in total. The maximum absolute atomic E-state index is 12.3. The molecule has 3 aliphatic rings. The maximum Gasteiger partial charge on any atom is 0.340 e. The van der Waals surface area contributed by atoms with E-state index in [2.05, 4.69) is 11.0 Å². The third-order valence-corrected chi connectivity index (χ3v) is 5.25. The second-order valence-corrected chi connectivity index (χ2v) is 6.72. The second-order valence-electron chi connectivity index (χ2n) is 6.72. The van der Waals surface area contributed by atoms with Crippen LogP contribution in [0.4, 0.5) is 5.82 Å². The summed E-state index contributed by atoms with van der Waals surface area (Å²) in [6.45, 7) is 3.74. The molecule has 0 unspecified atom stereocenters. The summed E-state index contributed by atoms with van der Waals surface area (Å²) in [6, 6.07) is 2.10. The summed E-state index contributed by atoms with van der Waals surface area (Å²) in [4.78, 5) is 19.6. The third-order valence-electron chi connectivity index (χ3n) is 5.25. The molecule has 0 bridgehead atoms. The van der Waals surface area contributed by atoms with E-state index in [4.69, 9.17) is 14.5 Å². The Morgan fingerprint density at radius 2 is 1.87 bits per heavy atom. The Balaban J connectivity index is 1.75. The van der Waals surface area contributed by atoms with Crippen LogP contribution in [-0.2, 0) is 15.9 Å². The van der Waals surface area contributed by atoms with E-state index in [1.165, 1.54) is 19.3 Å². The van der Waals surface area contributed by atoms with Gasteiger partial charge in [-0.1, -0.05) is 19.3 Å². The van der Waals surface area contributed by atoms with Crippen molar-refractivity contribution in [3.8, 4) is 0 Å². The zero-order valence-corrected chi connectivity index (χ0v) is 13.6. The average molecular weight is 316 g/mol. The molecule has 1 saturated carbocycles. The number of ether oxygens (including phenoxy) is 2. The van der Waals surface area contributed by atoms with E-state index in [-0.39, 0.29) is 5.97 Å². The van der Waals surface area contributed by atoms with Crippen molar-refractivity contribution in [1.82, 2.24) is 4.98 Å². The number of carbonyl (C=O) groups is 1. The summed E-state index contributed by atoms with van der Waals surface area (Å²) in [5, 5.41) is 0. The first-order valence-corrected chi connectivity index (χ1v) is 8.86. The Bertz CT molecular complexity index is 590. The minimum atomic E-state index is -0.173. The fourth-order valence-electron chi connectivity index (χ4n) is 3.99. The highest BCUT2D eigenvalue weighted by molar-refractivity contribution is 5.93. The van der Waals surface area contributed by atoms with Crippen molar-refractivity contribution in [1.29, 1.82) is 0 Å². The Morgan fingerprint density at radius 1 is 1.09 bits per heavy atom. The van der Waals surface area contributed by atoms with Crippen molar-refractivity contribution in [3.05, 3.63) is 22.9 Å². The van der Waals surface area contributed by atoms with Crippen LogP contribution in [0.1, 0.15) is 59.6 Å². The van der Waals surface area contributed by atoms with Gasteiger partial charge in [0.1, 0.15) is 5.82 Å². The quantitative estimate of drug-likeness (QED) is 0.785. The van der Waals surface area contributed by atoms with Gasteiger partial charge in [-0.05, 0) is 24.5 Å². The molecule has 23 heavy (non-hydrogen) atoms. The van der Waals surface area contributed by atoms with Crippen LogP contribution in [0.25, 0.3) is 0 Å². The number of esters is 1. The van der Waals surface area contributed by atoms with E-state index in [1.807, 2.05) is 0 Å². The van der Waals surface area contributed by atoms with Crippen LogP contribution in [0.15, 0.2) is 6.07 Å². The number of hydrogen-bond donors (Lipinski definition) is 0. The Kier molecular flexibility index (Phi) is 4.21. The van der Waals surface area contributed by atoms with Gasteiger partial charge in [-0.15, -0.1) is 0 Å². The molecule has 2 fully saturated rings. The van der Waals surface area contributed by atoms with Crippen molar-refractivity contribution >= 4 is 11.8 Å². The molecule has 0 aromatic carbocycles. The Morgan fingerprint density at radius 3 is 2.65 bits per heavy atom. The molecule has 0 N–H and O–H groups in total. The Hall–Kier alpha value is -1.62. The average Bonchev–Trinajstić information content (AvgIpc) is 2.62. The smallest absolute Gasteiger partial charge is 0.340 e. The first-order chi connectivity index (χ1) is 11.3. The summed E-state index contributed by atoms with van der Waals surface area (Å²) < 4.78 is 10.8. The predicted molar refractivity (Wildman–Crippen MR) is 87.1 cm³/mol. The minimum absolute atomic E-state index is 0.173. The van der Waals surface area contributed by atoms with Crippen LogP contribution < -0.4 is 4.90 Å². The molecule has 0 atom stereocenters. The number of cyclic esters (lactones) is 1. The molecule has 2 aliphatic heterocycles. The van der Waals surface area contributed by atoms with Gasteiger partial charge >= 0.3 is 5.97 Å². The van der Waals surface area contributed by atoms with E-state index in [9.17, 15) is 4.79 Å². The molecular weight excluding hydrogens is 292 g/mol. The number of anilines is 1. The molecule has 5 heteroatoms. The molecule has 0 radical (unpaired) electrons. The van der Waals surface area contributed by atoms with Crippen LogP contribution in [0.3, 0.4) is 0 Å². The molecule has 1 aromatic rings. The number of nitrogens with zero attached hydrogens (tertiary/aromatic N) is 2. The highest BCUT2D eigenvalue weighted by Gasteiger charge is 2.30. The van der Waals surface area contributed by atoms with Crippen molar-refractivity contribution in [3.63, 3.8) is 0 Å². The SMILES string of the molecule is O=C1OCCc2cc(N3CCOCC3)nc(C3CCCCC3)c21. The lowest BCUT2D eigenvalue weighted by Crippen LogP contribution is -2.37. The van der Waals surface area contributed by atoms with E-state index >= 15 is 0 Å². The van der Waals surface area contributed by atoms with Crippen molar-refractivity contribution < 1.29 is 14.3 Å². The number of pyridine rings is 1. The van der Waals surface area contributed by atoms with Gasteiger partial charge in [0, 0.05) is 25.4 Å². The molecule has 0 spiro atoms. The summed E-state index contributed by atoms with van der Waals surface area (Å²) in [5.74, 6) is 1.25. The highest BCUT2D eigenvalue weighted by Crippen LogP contribution is 2.37. The molecule has 1 aromatic heterocycles. The van der Waals surface area contributed by atoms with Gasteiger partial charge in [0.2, 0.25) is 0 Å². The lowest BCUT2D eigenvalue weighted by molar-refractivity contribution is 0.0476. The lowest BCUT2D eigenvalue weighted by Gasteiger charge is -2.31. The standard InChI is InChI=1S/C18H24N2O3/c21-18-16-14(6-9-23-18)12-15(20-7-10-22-11-8-20)19-17(16)13-4-2-1-3-5-13/h12-13H,1-11H2. The molecule has 1 aliphatic carbocycles. The first-order valence-electron chi connectivity index (χ1n) is 8.86.